The van der Waals surface area contributed by atoms with E-state index < -0.39 is 0 Å². The number of hydrogen-bond acceptors (Lipinski definition) is 4. The van der Waals surface area contributed by atoms with Gasteiger partial charge in [-0.3, -0.25) is 9.59 Å². The first kappa shape index (κ1) is 11.3. The van der Waals surface area contributed by atoms with Crippen molar-refractivity contribution in [2.45, 2.75) is 0 Å². The molecule has 2 aliphatic heterocycles. The van der Waals surface area contributed by atoms with Crippen LogP contribution in [-0.2, 0) is 9.59 Å². The van der Waals surface area contributed by atoms with Crippen molar-refractivity contribution in [1.29, 1.82) is 0 Å². The topological polar surface area (TPSA) is 64.7 Å². The van der Waals surface area contributed by atoms with Crippen LogP contribution in [0.3, 0.4) is 0 Å². The lowest BCUT2D eigenvalue weighted by atomic mass is 10.3. The number of carbonyl (C=O) groups is 2. The van der Waals surface area contributed by atoms with E-state index in [4.69, 9.17) is 0 Å². The van der Waals surface area contributed by atoms with Crippen LogP contribution < -0.4 is 10.6 Å². The number of nitrogens with one attached hydrogen (secondary N) is 2. The van der Waals surface area contributed by atoms with Crippen molar-refractivity contribution in [1.82, 2.24) is 20.4 Å². The predicted octanol–water partition coefficient (Wildman–Crippen LogP) is -2.15. The van der Waals surface area contributed by atoms with E-state index >= 15 is 0 Å². The fourth-order valence-corrected chi connectivity index (χ4v) is 1.99. The lowest BCUT2D eigenvalue weighted by Crippen LogP contribution is -2.54. The maximum Gasteiger partial charge on any atom is 0.242 e. The van der Waals surface area contributed by atoms with Crippen LogP contribution in [0, 0.1) is 0 Å². The molecule has 2 N–H and O–H groups in total. The van der Waals surface area contributed by atoms with Crippen LogP contribution in [-0.4, -0.2) is 74.0 Å². The Morgan fingerprint density at radius 2 is 1.81 bits per heavy atom. The fraction of sp³-hybridized carbons (Fsp3) is 0.800. The molecule has 0 unspecified atom stereocenters. The molecule has 0 aromatic rings. The molecule has 2 fully saturated rings. The van der Waals surface area contributed by atoms with Gasteiger partial charge in [-0.15, -0.1) is 0 Å². The van der Waals surface area contributed by atoms with E-state index in [-0.39, 0.29) is 18.4 Å². The molecule has 0 bridgehead atoms. The van der Waals surface area contributed by atoms with Crippen molar-refractivity contribution in [3.63, 3.8) is 0 Å². The third-order valence-corrected chi connectivity index (χ3v) is 2.98. The highest BCUT2D eigenvalue weighted by Crippen LogP contribution is 1.99. The average Bonchev–Trinajstić information content (AvgIpc) is 2.33. The Bertz CT molecular complexity index is 276. The zero-order valence-electron chi connectivity index (χ0n) is 9.37. The number of rotatable bonds is 2. The largest absolute Gasteiger partial charge is 0.339 e. The molecule has 0 spiro atoms. The molecule has 0 radical (unpaired) electrons. The smallest absolute Gasteiger partial charge is 0.242 e. The molecule has 0 saturated carbocycles. The second kappa shape index (κ2) is 5.27. The van der Waals surface area contributed by atoms with Gasteiger partial charge in [0.1, 0.15) is 0 Å². The minimum Gasteiger partial charge on any atom is -0.339 e. The molecule has 0 aliphatic carbocycles. The van der Waals surface area contributed by atoms with Gasteiger partial charge in [0.05, 0.1) is 13.1 Å². The third-order valence-electron chi connectivity index (χ3n) is 2.98. The third kappa shape index (κ3) is 2.70. The predicted molar refractivity (Wildman–Crippen MR) is 58.9 cm³/mol. The Labute approximate surface area is 95.0 Å². The van der Waals surface area contributed by atoms with Gasteiger partial charge in [-0.25, -0.2) is 0 Å². The van der Waals surface area contributed by atoms with Crippen molar-refractivity contribution in [3.05, 3.63) is 0 Å². The summed E-state index contributed by atoms with van der Waals surface area (Å²) >= 11 is 0. The lowest BCUT2D eigenvalue weighted by Gasteiger charge is -2.32. The summed E-state index contributed by atoms with van der Waals surface area (Å²) in [5.41, 5.74) is 0. The Hall–Kier alpha value is -1.14. The molecule has 2 heterocycles. The van der Waals surface area contributed by atoms with Gasteiger partial charge in [0.15, 0.2) is 0 Å². The summed E-state index contributed by atoms with van der Waals surface area (Å²) in [7, 11) is 0. The second-order valence-electron chi connectivity index (χ2n) is 4.12. The summed E-state index contributed by atoms with van der Waals surface area (Å²) in [6.07, 6.45) is 0. The summed E-state index contributed by atoms with van der Waals surface area (Å²) in [5.74, 6) is 0.0893. The summed E-state index contributed by atoms with van der Waals surface area (Å²) in [5, 5.41) is 6.19. The summed E-state index contributed by atoms with van der Waals surface area (Å²) in [6, 6.07) is 0. The molecule has 2 rings (SSSR count). The minimum absolute atomic E-state index is 0.0229. The van der Waals surface area contributed by atoms with E-state index in [0.29, 0.717) is 13.1 Å². The Morgan fingerprint density at radius 1 is 1.12 bits per heavy atom. The second-order valence-corrected chi connectivity index (χ2v) is 4.12. The number of hydrogen-bond donors (Lipinski definition) is 2. The monoisotopic (exact) mass is 226 g/mol. The van der Waals surface area contributed by atoms with Gasteiger partial charge in [0.2, 0.25) is 11.8 Å². The van der Waals surface area contributed by atoms with Gasteiger partial charge in [-0.05, 0) is 0 Å². The molecule has 0 aromatic carbocycles. The minimum atomic E-state index is 0.0229. The number of amides is 2. The summed E-state index contributed by atoms with van der Waals surface area (Å²) in [4.78, 5) is 26.9. The van der Waals surface area contributed by atoms with Crippen LogP contribution in [0.1, 0.15) is 0 Å². The van der Waals surface area contributed by atoms with Gasteiger partial charge in [0.25, 0.3) is 0 Å². The van der Waals surface area contributed by atoms with Crippen molar-refractivity contribution in [2.75, 3.05) is 52.4 Å². The Balaban J connectivity index is 1.83. The highest BCUT2D eigenvalue weighted by Gasteiger charge is 2.23. The number of carbonyl (C=O) groups excluding carboxylic acids is 2. The summed E-state index contributed by atoms with van der Waals surface area (Å²) in [6.45, 7) is 5.20. The van der Waals surface area contributed by atoms with Gasteiger partial charge in [0, 0.05) is 39.3 Å². The van der Waals surface area contributed by atoms with E-state index in [0.717, 1.165) is 32.7 Å². The quantitative estimate of drug-likeness (QED) is 0.563. The van der Waals surface area contributed by atoms with Crippen molar-refractivity contribution >= 4 is 11.8 Å². The van der Waals surface area contributed by atoms with Crippen LogP contribution in [0.2, 0.25) is 0 Å². The van der Waals surface area contributed by atoms with E-state index in [2.05, 4.69) is 10.6 Å². The molecular weight excluding hydrogens is 208 g/mol. The van der Waals surface area contributed by atoms with E-state index in [1.807, 2.05) is 4.90 Å². The molecule has 2 saturated heterocycles. The molecule has 0 atom stereocenters. The van der Waals surface area contributed by atoms with E-state index in [1.165, 1.54) is 0 Å². The average molecular weight is 226 g/mol. The van der Waals surface area contributed by atoms with Crippen molar-refractivity contribution < 1.29 is 9.59 Å². The molecular formula is C10H18N4O2. The highest BCUT2D eigenvalue weighted by atomic mass is 16.2. The van der Waals surface area contributed by atoms with Gasteiger partial charge >= 0.3 is 0 Å². The van der Waals surface area contributed by atoms with E-state index in [9.17, 15) is 9.59 Å². The van der Waals surface area contributed by atoms with Crippen LogP contribution >= 0.6 is 0 Å². The fourth-order valence-electron chi connectivity index (χ4n) is 1.99. The highest BCUT2D eigenvalue weighted by molar-refractivity contribution is 5.86. The number of nitrogens with zero attached hydrogens (tertiary/aromatic N) is 2. The molecule has 0 aromatic heterocycles. The maximum atomic E-state index is 11.9. The van der Waals surface area contributed by atoms with Crippen LogP contribution in [0.5, 0.6) is 0 Å². The Kier molecular flexibility index (Phi) is 3.74. The zero-order valence-corrected chi connectivity index (χ0v) is 9.37. The molecule has 90 valence electrons. The molecule has 16 heavy (non-hydrogen) atoms. The first-order valence-corrected chi connectivity index (χ1v) is 5.74. The van der Waals surface area contributed by atoms with Crippen LogP contribution in [0.15, 0.2) is 0 Å². The Morgan fingerprint density at radius 3 is 2.50 bits per heavy atom. The molecule has 2 aliphatic rings. The van der Waals surface area contributed by atoms with Crippen LogP contribution in [0.4, 0.5) is 0 Å². The van der Waals surface area contributed by atoms with Gasteiger partial charge < -0.3 is 20.4 Å². The van der Waals surface area contributed by atoms with E-state index in [1.54, 1.807) is 4.90 Å². The molecule has 6 nitrogen and oxygen atoms in total. The molecule has 6 heteroatoms. The van der Waals surface area contributed by atoms with Crippen molar-refractivity contribution in [2.24, 2.45) is 0 Å². The number of piperazine rings is 2. The van der Waals surface area contributed by atoms with Gasteiger partial charge in [-0.1, -0.05) is 0 Å². The first-order chi connectivity index (χ1) is 7.77. The van der Waals surface area contributed by atoms with Crippen LogP contribution in [0.25, 0.3) is 0 Å². The molecule has 2 amide bonds. The van der Waals surface area contributed by atoms with Crippen molar-refractivity contribution in [3.8, 4) is 0 Å². The maximum absolute atomic E-state index is 11.9. The lowest BCUT2D eigenvalue weighted by molar-refractivity contribution is -0.141. The standard InChI is InChI=1S/C10H18N4O2/c15-9-7-12-3-6-14(9)8-10(16)13-4-1-11-2-5-13/h11-12H,1-8H2. The van der Waals surface area contributed by atoms with Gasteiger partial charge in [-0.2, -0.15) is 0 Å². The normalized spacial score (nSPS) is 22.4. The SMILES string of the molecule is O=C(CN1CCNCC1=O)N1CCNCC1. The first-order valence-electron chi connectivity index (χ1n) is 5.74. The summed E-state index contributed by atoms with van der Waals surface area (Å²) < 4.78 is 0. The zero-order chi connectivity index (χ0) is 11.4.